The summed E-state index contributed by atoms with van der Waals surface area (Å²) in [6.07, 6.45) is -1.77. The van der Waals surface area contributed by atoms with E-state index < -0.39 is 44.9 Å². The number of nitrogens with one attached hydrogen (secondary N) is 1. The molecule has 1 saturated carbocycles. The van der Waals surface area contributed by atoms with Crippen LogP contribution in [0.2, 0.25) is 5.02 Å². The van der Waals surface area contributed by atoms with Crippen LogP contribution in [0.25, 0.3) is 10.9 Å². The number of halogens is 1. The summed E-state index contributed by atoms with van der Waals surface area (Å²) in [7, 11) is -1.66. The molecule has 15 nitrogen and oxygen atoms in total. The molecule has 1 aliphatic carbocycles. The number of fused-ring (bicyclic) bond motifs is 3. The van der Waals surface area contributed by atoms with Crippen LogP contribution in [0.1, 0.15) is 69.8 Å². The average molecular weight is 752 g/mol. The number of anilines is 4. The van der Waals surface area contributed by atoms with Crippen molar-refractivity contribution in [2.24, 2.45) is 0 Å². The van der Waals surface area contributed by atoms with Crippen molar-refractivity contribution in [3.63, 3.8) is 0 Å². The molecular weight excluding hydrogens is 714 g/mol. The lowest BCUT2D eigenvalue weighted by molar-refractivity contribution is -0.119. The molecule has 2 amide bonds. The molecule has 274 valence electrons. The van der Waals surface area contributed by atoms with Crippen LogP contribution in [0.3, 0.4) is 0 Å². The smallest absolute Gasteiger partial charge is 0.435 e. The van der Waals surface area contributed by atoms with Crippen LogP contribution in [-0.4, -0.2) is 88.7 Å². The second kappa shape index (κ2) is 12.3. The van der Waals surface area contributed by atoms with Crippen LogP contribution in [0.4, 0.5) is 32.7 Å². The highest BCUT2D eigenvalue weighted by atomic mass is 35.5. The summed E-state index contributed by atoms with van der Waals surface area (Å²) in [5.41, 5.74) is -0.0471. The molecule has 0 unspecified atom stereocenters. The van der Waals surface area contributed by atoms with Crippen molar-refractivity contribution in [3.05, 3.63) is 58.4 Å². The van der Waals surface area contributed by atoms with E-state index in [1.807, 2.05) is 24.8 Å². The summed E-state index contributed by atoms with van der Waals surface area (Å²) >= 11 is 6.91. The van der Waals surface area contributed by atoms with E-state index in [1.54, 1.807) is 51.1 Å². The van der Waals surface area contributed by atoms with Crippen molar-refractivity contribution in [3.8, 4) is 5.75 Å². The number of benzene rings is 2. The number of methoxy groups -OCH3 is 1. The first-order chi connectivity index (χ1) is 24.4. The van der Waals surface area contributed by atoms with Gasteiger partial charge in [-0.1, -0.05) is 31.5 Å². The van der Waals surface area contributed by atoms with Crippen molar-refractivity contribution in [1.82, 2.24) is 19.7 Å². The fraction of sp³-hybridized carbons (Fsp3) is 0.429. The summed E-state index contributed by atoms with van der Waals surface area (Å²) in [4.78, 5) is 51.6. The van der Waals surface area contributed by atoms with Crippen LogP contribution in [0.15, 0.2) is 36.4 Å². The van der Waals surface area contributed by atoms with Crippen molar-refractivity contribution < 1.29 is 37.4 Å². The summed E-state index contributed by atoms with van der Waals surface area (Å²) < 4.78 is 36.5. The Hall–Kier alpha value is -4.96. The first kappa shape index (κ1) is 35.4. The van der Waals surface area contributed by atoms with Gasteiger partial charge in [0, 0.05) is 30.3 Å². The van der Waals surface area contributed by atoms with E-state index >= 15 is 0 Å². The molecule has 2 atom stereocenters. The van der Waals surface area contributed by atoms with Crippen LogP contribution < -0.4 is 19.9 Å². The van der Waals surface area contributed by atoms with Crippen molar-refractivity contribution in [2.45, 2.75) is 63.9 Å². The van der Waals surface area contributed by atoms with Gasteiger partial charge in [-0.3, -0.25) is 4.79 Å². The van der Waals surface area contributed by atoms with Gasteiger partial charge in [0.2, 0.25) is 5.91 Å². The number of carbonyl (C=O) groups is 3. The fourth-order valence-corrected chi connectivity index (χ4v) is 8.38. The number of hydrogen-bond acceptors (Lipinski definition) is 12. The summed E-state index contributed by atoms with van der Waals surface area (Å²) in [6.45, 7) is 9.51. The summed E-state index contributed by atoms with van der Waals surface area (Å²) in [5.74, 6) is 0.723. The number of carbonyl (C=O) groups excluding carboxylic acids is 2. The SMILES string of the molecule is COc1ccc2c(c1)[C@]1(C[C@H]1c1ccc3c(Nc4nc(C(C)C)nc(N5CCS(=O)(=O)CC5)c4Cl)nn(C(=O)OC(C)(C)C)c3c1)C(=O)N2C(=O)O. The third-order valence-electron chi connectivity index (χ3n) is 9.58. The van der Waals surface area contributed by atoms with E-state index in [9.17, 15) is 27.9 Å². The molecule has 0 bridgehead atoms. The minimum atomic E-state index is -3.16. The Bertz CT molecular complexity index is 2270. The predicted molar refractivity (Wildman–Crippen MR) is 194 cm³/mol. The standard InChI is InChI=1S/C35H38ClN7O8S/c1-18(2)27-37-29(26(36)30(39-27)41-11-13-52(48,49)14-12-41)38-28-21-9-7-19(15-25(21)43(40-28)33(47)51-34(3,4)5)23-17-35(23)22-16-20(50-6)8-10-24(22)42(31(35)44)32(45)46/h7-10,15-16,18,23H,11-14,17H2,1-6H3,(H,45,46)(H,37,38,39,40)/t23-,35-/m0/s1. The second-order valence-electron chi connectivity index (χ2n) is 14.5. The van der Waals surface area contributed by atoms with Crippen molar-refractivity contribution >= 4 is 73.6 Å². The molecule has 7 rings (SSSR count). The molecule has 2 aromatic heterocycles. The number of carboxylic acid groups (broad SMARTS) is 1. The van der Waals surface area contributed by atoms with E-state index in [0.29, 0.717) is 51.5 Å². The molecule has 2 aromatic carbocycles. The molecule has 52 heavy (non-hydrogen) atoms. The molecule has 3 aliphatic rings. The Labute approximate surface area is 304 Å². The number of ether oxygens (including phenoxy) is 2. The number of rotatable bonds is 6. The predicted octanol–water partition coefficient (Wildman–Crippen LogP) is 5.82. The van der Waals surface area contributed by atoms with Gasteiger partial charge in [-0.15, -0.1) is 5.10 Å². The molecule has 2 fully saturated rings. The third-order valence-corrected chi connectivity index (χ3v) is 11.5. The Balaban J connectivity index is 1.31. The maximum atomic E-state index is 13.8. The van der Waals surface area contributed by atoms with E-state index in [1.165, 1.54) is 7.11 Å². The fourth-order valence-electron chi connectivity index (χ4n) is 6.93. The number of hydrogen-bond donors (Lipinski definition) is 2. The zero-order valence-corrected chi connectivity index (χ0v) is 31.0. The zero-order chi connectivity index (χ0) is 37.5. The van der Waals surface area contributed by atoms with Gasteiger partial charge in [0.25, 0.3) is 0 Å². The summed E-state index contributed by atoms with van der Waals surface area (Å²) in [6, 6.07) is 10.2. The Kier molecular flexibility index (Phi) is 8.40. The Morgan fingerprint density at radius 1 is 1.08 bits per heavy atom. The Morgan fingerprint density at radius 3 is 2.42 bits per heavy atom. The number of sulfone groups is 1. The third kappa shape index (κ3) is 5.96. The highest BCUT2D eigenvalue weighted by molar-refractivity contribution is 7.91. The van der Waals surface area contributed by atoms with Crippen LogP contribution >= 0.6 is 11.6 Å². The van der Waals surface area contributed by atoms with Crippen molar-refractivity contribution in [2.75, 3.05) is 46.8 Å². The van der Waals surface area contributed by atoms with E-state index in [2.05, 4.69) is 20.4 Å². The molecule has 1 saturated heterocycles. The number of nitrogens with zero attached hydrogens (tertiary/aromatic N) is 6. The van der Waals surface area contributed by atoms with Crippen molar-refractivity contribution in [1.29, 1.82) is 0 Å². The largest absolute Gasteiger partial charge is 0.497 e. The van der Waals surface area contributed by atoms with E-state index in [0.717, 1.165) is 9.58 Å². The minimum Gasteiger partial charge on any atom is -0.497 e. The van der Waals surface area contributed by atoms with Gasteiger partial charge in [0.1, 0.15) is 22.2 Å². The lowest BCUT2D eigenvalue weighted by Gasteiger charge is -2.29. The van der Waals surface area contributed by atoms with Crippen LogP contribution in [0.5, 0.6) is 5.75 Å². The first-order valence-electron chi connectivity index (χ1n) is 16.8. The van der Waals surface area contributed by atoms with Crippen LogP contribution in [0, 0.1) is 0 Å². The lowest BCUT2D eigenvalue weighted by Crippen LogP contribution is -2.41. The molecule has 2 N–H and O–H groups in total. The average Bonchev–Trinajstić information content (AvgIpc) is 3.66. The monoisotopic (exact) mass is 751 g/mol. The van der Waals surface area contributed by atoms with Gasteiger partial charge in [0.15, 0.2) is 27.3 Å². The number of imide groups is 1. The van der Waals surface area contributed by atoms with Gasteiger partial charge < -0.3 is 24.8 Å². The number of amides is 2. The maximum Gasteiger partial charge on any atom is 0.435 e. The first-order valence-corrected chi connectivity index (χ1v) is 19.0. The molecule has 4 heterocycles. The van der Waals surface area contributed by atoms with Crippen LogP contribution in [-0.2, 0) is 24.8 Å². The quantitative estimate of drug-likeness (QED) is 0.240. The van der Waals surface area contributed by atoms with E-state index in [4.69, 9.17) is 21.1 Å². The topological polar surface area (TPSA) is 186 Å². The normalized spacial score (nSPS) is 20.8. The Morgan fingerprint density at radius 2 is 1.79 bits per heavy atom. The highest BCUT2D eigenvalue weighted by Crippen LogP contribution is 2.67. The van der Waals surface area contributed by atoms with Gasteiger partial charge in [0.05, 0.1) is 35.2 Å². The molecule has 1 spiro atoms. The molecule has 4 aromatic rings. The molecule has 17 heteroatoms. The van der Waals surface area contributed by atoms with E-state index in [-0.39, 0.29) is 47.2 Å². The highest BCUT2D eigenvalue weighted by Gasteiger charge is 2.68. The van der Waals surface area contributed by atoms with Gasteiger partial charge in [-0.25, -0.2) is 32.9 Å². The molecule has 2 aliphatic heterocycles. The number of aromatic nitrogens is 4. The van der Waals surface area contributed by atoms with Gasteiger partial charge >= 0.3 is 12.2 Å². The lowest BCUT2D eigenvalue weighted by atomic mass is 9.91. The van der Waals surface area contributed by atoms with Gasteiger partial charge in [-0.2, -0.15) is 4.68 Å². The molecular formula is C35H38ClN7O8S. The van der Waals surface area contributed by atoms with Gasteiger partial charge in [-0.05, 0) is 68.7 Å². The summed E-state index contributed by atoms with van der Waals surface area (Å²) in [5, 5.41) is 18.5. The zero-order valence-electron chi connectivity index (χ0n) is 29.4. The second-order valence-corrected chi connectivity index (χ2v) is 17.2. The molecule has 0 radical (unpaired) electrons. The maximum absolute atomic E-state index is 13.8. The minimum absolute atomic E-state index is 0.0261.